The first-order valence-corrected chi connectivity index (χ1v) is 3.14. The Labute approximate surface area is 59.8 Å². The van der Waals surface area contributed by atoms with Gasteiger partial charge < -0.3 is 0 Å². The quantitative estimate of drug-likeness (QED) is 0.593. The molecule has 0 saturated carbocycles. The number of rotatable bonds is 1. The Bertz CT molecular complexity index is 181. The van der Waals surface area contributed by atoms with Crippen molar-refractivity contribution in [2.75, 3.05) is 4.84 Å². The van der Waals surface area contributed by atoms with Gasteiger partial charge in [0.05, 0.1) is 0 Å². The Morgan fingerprint density at radius 3 is 2.22 bits per heavy atom. The van der Waals surface area contributed by atoms with Crippen molar-refractivity contribution in [2.24, 2.45) is 0 Å². The number of hydrogen-bond donors (Lipinski definition) is 1. The van der Waals surface area contributed by atoms with E-state index in [1.165, 1.54) is 5.56 Å². The highest BCUT2D eigenvalue weighted by Crippen LogP contribution is 2.08. The third kappa shape index (κ3) is 1.61. The summed E-state index contributed by atoms with van der Waals surface area (Å²) in [6.07, 6.45) is 0. The molecule has 0 saturated heterocycles. The molecule has 1 aromatic carbocycles. The van der Waals surface area contributed by atoms with Crippen molar-refractivity contribution in [1.29, 1.82) is 0 Å². The van der Waals surface area contributed by atoms with Gasteiger partial charge in [0.15, 0.2) is 0 Å². The molecule has 1 nitrogen and oxygen atoms in total. The van der Waals surface area contributed by atoms with Crippen LogP contribution in [0.25, 0.3) is 0 Å². The Kier molecular flexibility index (Phi) is 1.96. The van der Waals surface area contributed by atoms with Gasteiger partial charge in [0.25, 0.3) is 0 Å². The molecule has 0 heterocycles. The van der Waals surface area contributed by atoms with Crippen molar-refractivity contribution in [2.45, 2.75) is 6.92 Å². The summed E-state index contributed by atoms with van der Waals surface area (Å²) in [4.78, 5) is 2.53. The van der Waals surface area contributed by atoms with Crippen LogP contribution in [-0.4, -0.2) is 0 Å². The summed E-state index contributed by atoms with van der Waals surface area (Å²) in [5.41, 5.74) is 2.17. The number of aryl methyl sites for hydroxylation is 1. The third-order valence-electron chi connectivity index (χ3n) is 1.16. The second kappa shape index (κ2) is 2.74. The molecule has 0 aromatic heterocycles. The van der Waals surface area contributed by atoms with Gasteiger partial charge in [-0.3, -0.25) is 4.84 Å². The number of halogens is 1. The first-order valence-electron chi connectivity index (χ1n) is 2.76. The SMILES string of the molecule is Cc1ccc(NCl)cc1. The summed E-state index contributed by atoms with van der Waals surface area (Å²) in [6.45, 7) is 2.04. The highest BCUT2D eigenvalue weighted by atomic mass is 35.5. The molecule has 0 aliphatic heterocycles. The average molecular weight is 142 g/mol. The van der Waals surface area contributed by atoms with Crippen LogP contribution >= 0.6 is 11.8 Å². The van der Waals surface area contributed by atoms with Crippen molar-refractivity contribution in [3.8, 4) is 0 Å². The van der Waals surface area contributed by atoms with Crippen LogP contribution in [0.3, 0.4) is 0 Å². The largest absolute Gasteiger partial charge is 0.299 e. The maximum atomic E-state index is 5.33. The maximum Gasteiger partial charge on any atom is 0.0491 e. The fraction of sp³-hybridized carbons (Fsp3) is 0.143. The molecule has 0 aliphatic carbocycles. The zero-order valence-electron chi connectivity index (χ0n) is 5.19. The molecule has 1 aromatic rings. The van der Waals surface area contributed by atoms with Crippen LogP contribution in [0.1, 0.15) is 5.56 Å². The molecular formula is C7H8ClN. The Morgan fingerprint density at radius 1 is 1.22 bits per heavy atom. The van der Waals surface area contributed by atoms with E-state index in [9.17, 15) is 0 Å². The number of nitrogens with one attached hydrogen (secondary N) is 1. The fourth-order valence-electron chi connectivity index (χ4n) is 0.617. The van der Waals surface area contributed by atoms with Crippen LogP contribution in [0, 0.1) is 6.92 Å². The third-order valence-corrected chi connectivity index (χ3v) is 1.38. The summed E-state index contributed by atoms with van der Waals surface area (Å²) < 4.78 is 0. The van der Waals surface area contributed by atoms with Gasteiger partial charge in [-0.15, -0.1) is 0 Å². The predicted molar refractivity (Wildman–Crippen MR) is 40.7 cm³/mol. The molecular weight excluding hydrogens is 134 g/mol. The lowest BCUT2D eigenvalue weighted by Gasteiger charge is -1.95. The lowest BCUT2D eigenvalue weighted by Crippen LogP contribution is -1.78. The van der Waals surface area contributed by atoms with E-state index < -0.39 is 0 Å². The van der Waals surface area contributed by atoms with Crippen molar-refractivity contribution >= 4 is 17.5 Å². The Hall–Kier alpha value is -0.690. The van der Waals surface area contributed by atoms with Crippen molar-refractivity contribution in [1.82, 2.24) is 0 Å². The second-order valence-corrected chi connectivity index (χ2v) is 2.15. The first-order chi connectivity index (χ1) is 4.33. The highest BCUT2D eigenvalue weighted by Gasteiger charge is 1.84. The Balaban J connectivity index is 2.88. The molecule has 0 amide bonds. The van der Waals surface area contributed by atoms with Gasteiger partial charge in [0, 0.05) is 17.5 Å². The smallest absolute Gasteiger partial charge is 0.0491 e. The van der Waals surface area contributed by atoms with Gasteiger partial charge >= 0.3 is 0 Å². The van der Waals surface area contributed by atoms with Gasteiger partial charge in [0.1, 0.15) is 0 Å². The minimum atomic E-state index is 0.933. The highest BCUT2D eigenvalue weighted by molar-refractivity contribution is 6.23. The zero-order valence-corrected chi connectivity index (χ0v) is 5.94. The van der Waals surface area contributed by atoms with Gasteiger partial charge in [-0.05, 0) is 19.1 Å². The summed E-state index contributed by atoms with van der Waals surface area (Å²) in [6, 6.07) is 7.88. The standard InChI is InChI=1S/C7H8ClN/c1-6-2-4-7(9-8)5-3-6/h2-5,9H,1H3. The molecule has 0 atom stereocenters. The molecule has 2 heteroatoms. The molecule has 0 aliphatic rings. The normalized spacial score (nSPS) is 9.11. The van der Waals surface area contributed by atoms with Gasteiger partial charge in [-0.1, -0.05) is 17.7 Å². The number of benzene rings is 1. The molecule has 1 rings (SSSR count). The van der Waals surface area contributed by atoms with E-state index in [2.05, 4.69) is 4.84 Å². The number of anilines is 1. The summed E-state index contributed by atoms with van der Waals surface area (Å²) in [5.74, 6) is 0. The minimum absolute atomic E-state index is 0.933. The van der Waals surface area contributed by atoms with E-state index in [0.29, 0.717) is 0 Å². The average Bonchev–Trinajstić information content (AvgIpc) is 1.90. The van der Waals surface area contributed by atoms with Crippen LogP contribution in [0.5, 0.6) is 0 Å². The van der Waals surface area contributed by atoms with Crippen molar-refractivity contribution < 1.29 is 0 Å². The van der Waals surface area contributed by atoms with E-state index in [1.807, 2.05) is 31.2 Å². The first kappa shape index (κ1) is 6.43. The van der Waals surface area contributed by atoms with E-state index in [4.69, 9.17) is 11.8 Å². The van der Waals surface area contributed by atoms with Crippen LogP contribution in [0.4, 0.5) is 5.69 Å². The molecule has 1 N–H and O–H groups in total. The maximum absolute atomic E-state index is 5.33. The molecule has 48 valence electrons. The van der Waals surface area contributed by atoms with Crippen molar-refractivity contribution in [3.05, 3.63) is 29.8 Å². The Morgan fingerprint density at radius 2 is 1.78 bits per heavy atom. The van der Waals surface area contributed by atoms with Crippen LogP contribution in [0.2, 0.25) is 0 Å². The van der Waals surface area contributed by atoms with Crippen LogP contribution < -0.4 is 4.84 Å². The summed E-state index contributed by atoms with van der Waals surface area (Å²) >= 11 is 5.33. The van der Waals surface area contributed by atoms with Gasteiger partial charge in [-0.2, -0.15) is 0 Å². The van der Waals surface area contributed by atoms with Gasteiger partial charge in [0.2, 0.25) is 0 Å². The van der Waals surface area contributed by atoms with E-state index in [1.54, 1.807) is 0 Å². The van der Waals surface area contributed by atoms with Crippen LogP contribution in [-0.2, 0) is 0 Å². The molecule has 9 heavy (non-hydrogen) atoms. The lowest BCUT2D eigenvalue weighted by molar-refractivity contribution is 1.47. The van der Waals surface area contributed by atoms with Crippen LogP contribution in [0.15, 0.2) is 24.3 Å². The molecule has 0 bridgehead atoms. The van der Waals surface area contributed by atoms with E-state index >= 15 is 0 Å². The zero-order chi connectivity index (χ0) is 6.69. The predicted octanol–water partition coefficient (Wildman–Crippen LogP) is 2.56. The minimum Gasteiger partial charge on any atom is -0.299 e. The topological polar surface area (TPSA) is 12.0 Å². The summed E-state index contributed by atoms with van der Waals surface area (Å²) in [7, 11) is 0. The van der Waals surface area contributed by atoms with Gasteiger partial charge in [-0.25, -0.2) is 0 Å². The fourth-order valence-corrected chi connectivity index (χ4v) is 0.743. The number of hydrogen-bond acceptors (Lipinski definition) is 1. The van der Waals surface area contributed by atoms with E-state index in [-0.39, 0.29) is 0 Å². The second-order valence-electron chi connectivity index (χ2n) is 1.96. The molecule has 0 unspecified atom stereocenters. The summed E-state index contributed by atoms with van der Waals surface area (Å²) in [5, 5.41) is 0. The molecule has 0 spiro atoms. The van der Waals surface area contributed by atoms with Crippen molar-refractivity contribution in [3.63, 3.8) is 0 Å². The molecule has 0 fully saturated rings. The lowest BCUT2D eigenvalue weighted by atomic mass is 10.2. The van der Waals surface area contributed by atoms with E-state index in [0.717, 1.165) is 5.69 Å². The monoisotopic (exact) mass is 141 g/mol. The molecule has 0 radical (unpaired) electrons.